The summed E-state index contributed by atoms with van der Waals surface area (Å²) in [7, 11) is 0. The Morgan fingerprint density at radius 1 is 1.53 bits per heavy atom. The first-order valence-corrected chi connectivity index (χ1v) is 6.53. The zero-order chi connectivity index (χ0) is 14.4. The molecule has 0 aliphatic heterocycles. The molecule has 0 spiro atoms. The van der Waals surface area contributed by atoms with E-state index in [1.165, 1.54) is 10.9 Å². The van der Waals surface area contributed by atoms with Gasteiger partial charge < -0.3 is 15.8 Å². The molecule has 4 N–H and O–H groups in total. The average molecular weight is 266 g/mol. The van der Waals surface area contributed by atoms with Crippen molar-refractivity contribution in [1.82, 2.24) is 14.5 Å². The van der Waals surface area contributed by atoms with Crippen molar-refractivity contribution in [3.8, 4) is 0 Å². The molecule has 0 saturated carbocycles. The van der Waals surface area contributed by atoms with Gasteiger partial charge in [-0.1, -0.05) is 20.8 Å². The number of nitrogens with two attached hydrogens (primary N) is 1. The quantitative estimate of drug-likeness (QED) is 0.764. The highest BCUT2D eigenvalue weighted by Gasteiger charge is 2.10. The number of aromatic amines is 1. The number of nitrogens with one attached hydrogen (secondary N) is 1. The fraction of sp³-hybridized carbons (Fsp3) is 0.538. The number of H-pyrrole nitrogens is 1. The van der Waals surface area contributed by atoms with Crippen LogP contribution < -0.4 is 11.3 Å². The molecule has 0 radical (unpaired) electrons. The van der Waals surface area contributed by atoms with Crippen molar-refractivity contribution < 1.29 is 5.11 Å². The number of hydrogen-bond donors (Lipinski definition) is 3. The Morgan fingerprint density at radius 2 is 2.21 bits per heavy atom. The molecular formula is C13H22N4O2. The van der Waals surface area contributed by atoms with Crippen LogP contribution in [0.15, 0.2) is 17.3 Å². The van der Waals surface area contributed by atoms with Gasteiger partial charge in [-0.05, 0) is 5.92 Å². The van der Waals surface area contributed by atoms with E-state index in [1.807, 2.05) is 20.8 Å². The Bertz CT molecular complexity index is 574. The third-order valence-corrected chi connectivity index (χ3v) is 2.77. The molecule has 0 bridgehead atoms. The first kappa shape index (κ1) is 15.4. The summed E-state index contributed by atoms with van der Waals surface area (Å²) in [5.74, 6) is 0.0240. The summed E-state index contributed by atoms with van der Waals surface area (Å²) in [5, 5.41) is 8.98. The molecule has 2 aromatic heterocycles. The van der Waals surface area contributed by atoms with Crippen molar-refractivity contribution in [2.24, 2.45) is 11.7 Å². The molecule has 19 heavy (non-hydrogen) atoms. The van der Waals surface area contributed by atoms with Gasteiger partial charge in [0.25, 0.3) is 5.56 Å². The molecule has 6 heteroatoms. The lowest BCUT2D eigenvalue weighted by atomic mass is 10.2. The van der Waals surface area contributed by atoms with Gasteiger partial charge in [0, 0.05) is 31.5 Å². The highest BCUT2D eigenvalue weighted by atomic mass is 16.3. The molecule has 0 fully saturated rings. The van der Waals surface area contributed by atoms with Crippen molar-refractivity contribution in [3.63, 3.8) is 0 Å². The van der Waals surface area contributed by atoms with E-state index >= 15 is 0 Å². The normalized spacial score (nSPS) is 12.1. The van der Waals surface area contributed by atoms with Crippen LogP contribution in [-0.2, 0) is 13.1 Å². The Labute approximate surface area is 112 Å². The molecule has 0 aliphatic carbocycles. The highest BCUT2D eigenvalue weighted by molar-refractivity contribution is 5.77. The van der Waals surface area contributed by atoms with Gasteiger partial charge in [0.1, 0.15) is 5.52 Å². The lowest BCUT2D eigenvalue weighted by Crippen LogP contribution is -2.24. The van der Waals surface area contributed by atoms with Crippen molar-refractivity contribution in [2.45, 2.75) is 33.9 Å². The first-order chi connectivity index (χ1) is 9.17. The second-order valence-electron chi connectivity index (χ2n) is 4.23. The van der Waals surface area contributed by atoms with Gasteiger partial charge in [0.2, 0.25) is 0 Å². The number of rotatable bonds is 4. The summed E-state index contributed by atoms with van der Waals surface area (Å²) >= 11 is 0. The minimum atomic E-state index is -0.130. The summed E-state index contributed by atoms with van der Waals surface area (Å²) in [4.78, 5) is 19.2. The van der Waals surface area contributed by atoms with E-state index < -0.39 is 0 Å². The first-order valence-electron chi connectivity index (χ1n) is 6.53. The molecule has 0 amide bonds. The predicted molar refractivity (Wildman–Crippen MR) is 75.8 cm³/mol. The topological polar surface area (TPSA) is 96.9 Å². The number of aliphatic hydroxyl groups excluding tert-OH is 1. The fourth-order valence-corrected chi connectivity index (χ4v) is 1.77. The predicted octanol–water partition coefficient (Wildman–Crippen LogP) is 0.838. The molecule has 2 heterocycles. The van der Waals surface area contributed by atoms with E-state index in [0.29, 0.717) is 24.1 Å². The van der Waals surface area contributed by atoms with E-state index in [4.69, 9.17) is 10.8 Å². The maximum atomic E-state index is 12.1. The van der Waals surface area contributed by atoms with E-state index in [2.05, 4.69) is 9.97 Å². The zero-order valence-electron chi connectivity index (χ0n) is 11.7. The van der Waals surface area contributed by atoms with Crippen molar-refractivity contribution in [3.05, 3.63) is 28.4 Å². The van der Waals surface area contributed by atoms with Crippen LogP contribution >= 0.6 is 0 Å². The van der Waals surface area contributed by atoms with Gasteiger partial charge >= 0.3 is 0 Å². The largest absolute Gasteiger partial charge is 0.396 e. The maximum Gasteiger partial charge on any atom is 0.277 e. The molecule has 2 rings (SSSR count). The smallest absolute Gasteiger partial charge is 0.277 e. The third kappa shape index (κ3) is 3.21. The molecule has 0 aromatic carbocycles. The van der Waals surface area contributed by atoms with E-state index in [9.17, 15) is 4.79 Å². The highest BCUT2D eigenvalue weighted by Crippen LogP contribution is 2.11. The minimum absolute atomic E-state index is 0.0240. The number of nitrogens with zero attached hydrogens (tertiary/aromatic N) is 2. The van der Waals surface area contributed by atoms with E-state index in [-0.39, 0.29) is 18.1 Å². The van der Waals surface area contributed by atoms with Crippen molar-refractivity contribution in [2.75, 3.05) is 6.61 Å². The molecule has 1 atom stereocenters. The van der Waals surface area contributed by atoms with Gasteiger partial charge in [-0.15, -0.1) is 0 Å². The Kier molecular flexibility index (Phi) is 5.72. The second-order valence-corrected chi connectivity index (χ2v) is 4.23. The molecule has 0 unspecified atom stereocenters. The monoisotopic (exact) mass is 266 g/mol. The van der Waals surface area contributed by atoms with Gasteiger partial charge in [-0.2, -0.15) is 0 Å². The molecule has 0 saturated heterocycles. The summed E-state index contributed by atoms with van der Waals surface area (Å²) in [6.07, 6.45) is 3.21. The summed E-state index contributed by atoms with van der Waals surface area (Å²) in [6.45, 7) is 6.72. The average Bonchev–Trinajstić information content (AvgIpc) is 2.87. The summed E-state index contributed by atoms with van der Waals surface area (Å²) < 4.78 is 1.50. The van der Waals surface area contributed by atoms with Crippen LogP contribution in [-0.4, -0.2) is 26.2 Å². The fourth-order valence-electron chi connectivity index (χ4n) is 1.77. The van der Waals surface area contributed by atoms with Gasteiger partial charge in [-0.3, -0.25) is 9.36 Å². The molecule has 2 aromatic rings. The number of aromatic nitrogens is 3. The van der Waals surface area contributed by atoms with Gasteiger partial charge in [0.05, 0.1) is 11.8 Å². The number of hydrogen-bond acceptors (Lipinski definition) is 4. The molecular weight excluding hydrogens is 244 g/mol. The lowest BCUT2D eigenvalue weighted by molar-refractivity contribution is 0.221. The Balaban J connectivity index is 0.000000861. The zero-order valence-corrected chi connectivity index (χ0v) is 11.7. The van der Waals surface area contributed by atoms with Crippen LogP contribution in [0, 0.1) is 5.92 Å². The molecule has 6 nitrogen and oxygen atoms in total. The summed E-state index contributed by atoms with van der Waals surface area (Å²) in [5.41, 5.74) is 7.35. The van der Waals surface area contributed by atoms with Crippen LogP contribution in [0.25, 0.3) is 11.0 Å². The van der Waals surface area contributed by atoms with Crippen LogP contribution in [0.2, 0.25) is 0 Å². The SMILES string of the molecule is CC.C[C@@H](CO)Cn1cnc2c(CN)c[nH]c2c1=O. The van der Waals surface area contributed by atoms with Gasteiger partial charge in [-0.25, -0.2) is 4.98 Å². The van der Waals surface area contributed by atoms with Crippen LogP contribution in [0.4, 0.5) is 0 Å². The lowest BCUT2D eigenvalue weighted by Gasteiger charge is -2.09. The van der Waals surface area contributed by atoms with Crippen molar-refractivity contribution in [1.29, 1.82) is 0 Å². The second kappa shape index (κ2) is 7.06. The van der Waals surface area contributed by atoms with Crippen molar-refractivity contribution >= 4 is 11.0 Å². The molecule has 0 aliphatic rings. The standard InChI is InChI=1S/C11H16N4O2.C2H6/c1-7(5-16)4-15-6-14-9-8(2-12)3-13-10(9)11(15)17;1-2/h3,6-7,13,16H,2,4-5,12H2,1H3;1-2H3/t7-;/m1./s1. The third-order valence-electron chi connectivity index (χ3n) is 2.77. The Hall–Kier alpha value is -1.66. The minimum Gasteiger partial charge on any atom is -0.396 e. The Morgan fingerprint density at radius 3 is 2.79 bits per heavy atom. The number of aliphatic hydroxyl groups is 1. The number of fused-ring (bicyclic) bond motifs is 1. The molecule has 106 valence electrons. The van der Waals surface area contributed by atoms with Crippen LogP contribution in [0.1, 0.15) is 26.3 Å². The summed E-state index contributed by atoms with van der Waals surface area (Å²) in [6, 6.07) is 0. The van der Waals surface area contributed by atoms with Crippen LogP contribution in [0.5, 0.6) is 0 Å². The van der Waals surface area contributed by atoms with Gasteiger partial charge in [0.15, 0.2) is 0 Å². The maximum absolute atomic E-state index is 12.1. The van der Waals surface area contributed by atoms with E-state index in [0.717, 1.165) is 5.56 Å². The van der Waals surface area contributed by atoms with Crippen LogP contribution in [0.3, 0.4) is 0 Å². The van der Waals surface area contributed by atoms with E-state index in [1.54, 1.807) is 6.20 Å².